The van der Waals surface area contributed by atoms with E-state index in [2.05, 4.69) is 22.9 Å². The molecule has 1 heterocycles. The molecule has 1 N–H and O–H groups in total. The first-order chi connectivity index (χ1) is 6.29. The second kappa shape index (κ2) is 3.30. The molecule has 0 radical (unpaired) electrons. The molecular weight excluding hydrogens is 184 g/mol. The van der Waals surface area contributed by atoms with Gasteiger partial charge in [0, 0.05) is 18.7 Å². The lowest BCUT2D eigenvalue weighted by molar-refractivity contribution is 0.561. The summed E-state index contributed by atoms with van der Waals surface area (Å²) in [5.74, 6) is 1.30. The zero-order valence-corrected chi connectivity index (χ0v) is 8.14. The summed E-state index contributed by atoms with van der Waals surface area (Å²) in [6, 6.07) is 5.81. The van der Waals surface area contributed by atoms with Gasteiger partial charge in [0.2, 0.25) is 0 Å². The molecule has 0 unspecified atom stereocenters. The van der Waals surface area contributed by atoms with Gasteiger partial charge in [0.15, 0.2) is 11.5 Å². The van der Waals surface area contributed by atoms with Gasteiger partial charge in [-0.1, -0.05) is 0 Å². The second-order valence-corrected chi connectivity index (χ2v) is 3.07. The van der Waals surface area contributed by atoms with Crippen LogP contribution in [-0.2, 0) is 0 Å². The highest BCUT2D eigenvalue weighted by Crippen LogP contribution is 2.19. The molecule has 0 saturated heterocycles. The minimum atomic E-state index is 0.610. The van der Waals surface area contributed by atoms with Crippen LogP contribution in [0.15, 0.2) is 22.6 Å². The van der Waals surface area contributed by atoms with E-state index in [0.717, 1.165) is 16.8 Å². The summed E-state index contributed by atoms with van der Waals surface area (Å²) in [7, 11) is 0. The van der Waals surface area contributed by atoms with Gasteiger partial charge >= 0.3 is 0 Å². The third-order valence-corrected chi connectivity index (χ3v) is 1.94. The number of thiol groups is 1. The maximum Gasteiger partial charge on any atom is 0.192 e. The smallest absolute Gasteiger partial charge is 0.192 e. The fourth-order valence-electron chi connectivity index (χ4n) is 1.24. The molecule has 2 rings (SSSR count). The SMILES string of the molecule is Cc1nc2ccc(NCS)cc2o1. The Morgan fingerprint density at radius 1 is 1.54 bits per heavy atom. The molecule has 4 heteroatoms. The fourth-order valence-corrected chi connectivity index (χ4v) is 1.42. The minimum Gasteiger partial charge on any atom is -0.441 e. The van der Waals surface area contributed by atoms with Crippen molar-refractivity contribution in [2.24, 2.45) is 0 Å². The highest BCUT2D eigenvalue weighted by atomic mass is 32.1. The zero-order valence-electron chi connectivity index (χ0n) is 7.24. The summed E-state index contributed by atoms with van der Waals surface area (Å²) < 4.78 is 5.38. The van der Waals surface area contributed by atoms with Crippen molar-refractivity contribution in [1.82, 2.24) is 4.98 Å². The fraction of sp³-hybridized carbons (Fsp3) is 0.222. The van der Waals surface area contributed by atoms with Crippen LogP contribution in [-0.4, -0.2) is 10.9 Å². The molecule has 0 bridgehead atoms. The van der Waals surface area contributed by atoms with Crippen LogP contribution >= 0.6 is 12.6 Å². The molecule has 0 aliphatic heterocycles. The largest absolute Gasteiger partial charge is 0.441 e. The molecule has 0 spiro atoms. The molecule has 0 saturated carbocycles. The maximum absolute atomic E-state index is 5.38. The summed E-state index contributed by atoms with van der Waals surface area (Å²) in [4.78, 5) is 4.20. The van der Waals surface area contributed by atoms with Crippen LogP contribution in [0, 0.1) is 6.92 Å². The number of rotatable bonds is 2. The van der Waals surface area contributed by atoms with Crippen molar-refractivity contribution in [2.45, 2.75) is 6.92 Å². The highest BCUT2D eigenvalue weighted by Gasteiger charge is 2.01. The number of nitrogens with zero attached hydrogens (tertiary/aromatic N) is 1. The first kappa shape index (κ1) is 8.44. The Hall–Kier alpha value is -1.16. The number of aromatic nitrogens is 1. The monoisotopic (exact) mass is 194 g/mol. The predicted molar refractivity (Wildman–Crippen MR) is 56.2 cm³/mol. The number of anilines is 1. The highest BCUT2D eigenvalue weighted by molar-refractivity contribution is 7.80. The van der Waals surface area contributed by atoms with Gasteiger partial charge in [0.1, 0.15) is 5.52 Å². The van der Waals surface area contributed by atoms with Crippen LogP contribution in [0.1, 0.15) is 5.89 Å². The molecule has 0 atom stereocenters. The van der Waals surface area contributed by atoms with Crippen molar-refractivity contribution < 1.29 is 4.42 Å². The number of fused-ring (bicyclic) bond motifs is 1. The van der Waals surface area contributed by atoms with E-state index in [1.54, 1.807) is 0 Å². The lowest BCUT2D eigenvalue weighted by Crippen LogP contribution is -1.92. The molecule has 13 heavy (non-hydrogen) atoms. The Labute approximate surface area is 81.6 Å². The van der Waals surface area contributed by atoms with E-state index >= 15 is 0 Å². The van der Waals surface area contributed by atoms with Crippen LogP contribution in [0.4, 0.5) is 5.69 Å². The molecule has 1 aromatic carbocycles. The Morgan fingerprint density at radius 2 is 2.38 bits per heavy atom. The second-order valence-electron chi connectivity index (χ2n) is 2.75. The molecule has 1 aromatic heterocycles. The molecule has 2 aromatic rings. The number of aryl methyl sites for hydroxylation is 1. The van der Waals surface area contributed by atoms with E-state index < -0.39 is 0 Å². The third-order valence-electron chi connectivity index (χ3n) is 1.78. The van der Waals surface area contributed by atoms with Crippen LogP contribution < -0.4 is 5.32 Å². The number of benzene rings is 1. The van der Waals surface area contributed by atoms with Crippen molar-refractivity contribution in [3.8, 4) is 0 Å². The Balaban J connectivity index is 2.48. The maximum atomic E-state index is 5.38. The molecule has 0 aliphatic carbocycles. The lowest BCUT2D eigenvalue weighted by Gasteiger charge is -1.99. The van der Waals surface area contributed by atoms with E-state index in [9.17, 15) is 0 Å². The van der Waals surface area contributed by atoms with Crippen LogP contribution in [0.25, 0.3) is 11.1 Å². The van der Waals surface area contributed by atoms with Crippen LogP contribution in [0.3, 0.4) is 0 Å². The first-order valence-corrected chi connectivity index (χ1v) is 4.65. The normalized spacial score (nSPS) is 10.6. The minimum absolute atomic E-state index is 0.610. The molecule has 0 aliphatic rings. The van der Waals surface area contributed by atoms with Gasteiger partial charge in [-0.15, -0.1) is 0 Å². The molecule has 0 fully saturated rings. The van der Waals surface area contributed by atoms with Gasteiger partial charge < -0.3 is 9.73 Å². The Kier molecular flexibility index (Phi) is 2.14. The molecular formula is C9H10N2OS. The van der Waals surface area contributed by atoms with Gasteiger partial charge in [0.05, 0.1) is 5.88 Å². The standard InChI is InChI=1S/C9H10N2OS/c1-6-11-8-3-2-7(10-5-13)4-9(8)12-6/h2-4,10,13H,5H2,1H3. The molecule has 3 nitrogen and oxygen atoms in total. The van der Waals surface area contributed by atoms with E-state index in [0.29, 0.717) is 11.8 Å². The van der Waals surface area contributed by atoms with E-state index in [4.69, 9.17) is 4.42 Å². The number of nitrogens with one attached hydrogen (secondary N) is 1. The van der Waals surface area contributed by atoms with Crippen molar-refractivity contribution in [3.63, 3.8) is 0 Å². The van der Waals surface area contributed by atoms with Crippen LogP contribution in [0.5, 0.6) is 0 Å². The van der Waals surface area contributed by atoms with E-state index in [-0.39, 0.29) is 0 Å². The lowest BCUT2D eigenvalue weighted by atomic mass is 10.3. The summed E-state index contributed by atoms with van der Waals surface area (Å²) in [6.45, 7) is 1.84. The summed E-state index contributed by atoms with van der Waals surface area (Å²) in [6.07, 6.45) is 0. The van der Waals surface area contributed by atoms with Gasteiger partial charge in [0.25, 0.3) is 0 Å². The van der Waals surface area contributed by atoms with Gasteiger partial charge in [-0.05, 0) is 12.1 Å². The van der Waals surface area contributed by atoms with Gasteiger partial charge in [-0.3, -0.25) is 0 Å². The van der Waals surface area contributed by atoms with Gasteiger partial charge in [-0.25, -0.2) is 4.98 Å². The van der Waals surface area contributed by atoms with Crippen molar-refractivity contribution >= 4 is 29.4 Å². The Bertz CT molecular complexity index is 424. The quantitative estimate of drug-likeness (QED) is 0.569. The summed E-state index contributed by atoms with van der Waals surface area (Å²) >= 11 is 4.07. The predicted octanol–water partition coefficient (Wildman–Crippen LogP) is 2.44. The van der Waals surface area contributed by atoms with Crippen LogP contribution in [0.2, 0.25) is 0 Å². The zero-order chi connectivity index (χ0) is 9.26. The average Bonchev–Trinajstić information content (AvgIpc) is 2.44. The first-order valence-electron chi connectivity index (χ1n) is 4.01. The summed E-state index contributed by atoms with van der Waals surface area (Å²) in [5, 5.41) is 3.09. The van der Waals surface area contributed by atoms with Gasteiger partial charge in [-0.2, -0.15) is 12.6 Å². The topological polar surface area (TPSA) is 38.1 Å². The average molecular weight is 194 g/mol. The van der Waals surface area contributed by atoms with Crippen molar-refractivity contribution in [3.05, 3.63) is 24.1 Å². The number of hydrogen-bond acceptors (Lipinski definition) is 4. The number of oxazole rings is 1. The van der Waals surface area contributed by atoms with E-state index in [1.165, 1.54) is 0 Å². The van der Waals surface area contributed by atoms with E-state index in [1.807, 2.05) is 25.1 Å². The molecule has 0 amide bonds. The summed E-state index contributed by atoms with van der Waals surface area (Å²) in [5.41, 5.74) is 2.70. The Morgan fingerprint density at radius 3 is 3.15 bits per heavy atom. The third kappa shape index (κ3) is 1.62. The molecule has 68 valence electrons. The van der Waals surface area contributed by atoms with Crippen molar-refractivity contribution in [2.75, 3.05) is 11.2 Å². The number of hydrogen-bond donors (Lipinski definition) is 2. The van der Waals surface area contributed by atoms with Crippen molar-refractivity contribution in [1.29, 1.82) is 0 Å².